The van der Waals surface area contributed by atoms with Gasteiger partial charge in [-0.2, -0.15) is 0 Å². The number of carbonyl (C=O) groups excluding carboxylic acids is 2. The first-order valence-electron chi connectivity index (χ1n) is 7.16. The zero-order chi connectivity index (χ0) is 16.4. The Hall–Kier alpha value is -2.76. The summed E-state index contributed by atoms with van der Waals surface area (Å²) in [5, 5.41) is 2.66. The van der Waals surface area contributed by atoms with Crippen molar-refractivity contribution in [2.45, 2.75) is 12.5 Å². The van der Waals surface area contributed by atoms with Gasteiger partial charge in [-0.15, -0.1) is 0 Å². The van der Waals surface area contributed by atoms with Gasteiger partial charge in [-0.1, -0.05) is 12.1 Å². The van der Waals surface area contributed by atoms with E-state index in [9.17, 15) is 18.4 Å². The van der Waals surface area contributed by atoms with Crippen molar-refractivity contribution in [1.29, 1.82) is 0 Å². The molecule has 3 rings (SSSR count). The Kier molecular flexibility index (Phi) is 4.06. The molecule has 6 heteroatoms. The molecule has 0 aliphatic carbocycles. The second-order valence-corrected chi connectivity index (χ2v) is 5.34. The fourth-order valence-corrected chi connectivity index (χ4v) is 2.58. The number of hydrogen-bond acceptors (Lipinski definition) is 2. The van der Waals surface area contributed by atoms with Crippen molar-refractivity contribution in [3.05, 3.63) is 65.7 Å². The van der Waals surface area contributed by atoms with Crippen molar-refractivity contribution in [2.75, 3.05) is 11.4 Å². The molecule has 1 aliphatic heterocycles. The summed E-state index contributed by atoms with van der Waals surface area (Å²) in [6, 6.07) is 10.8. The maximum atomic E-state index is 13.6. The quantitative estimate of drug-likeness (QED) is 0.946. The van der Waals surface area contributed by atoms with Crippen molar-refractivity contribution in [3.8, 4) is 0 Å². The molecule has 23 heavy (non-hydrogen) atoms. The van der Waals surface area contributed by atoms with E-state index in [1.807, 2.05) is 0 Å². The van der Waals surface area contributed by atoms with Gasteiger partial charge in [-0.3, -0.25) is 9.59 Å². The van der Waals surface area contributed by atoms with E-state index < -0.39 is 17.8 Å². The number of hydrogen-bond donors (Lipinski definition) is 1. The fraction of sp³-hybridized carbons (Fsp3) is 0.176. The fourth-order valence-electron chi connectivity index (χ4n) is 2.58. The van der Waals surface area contributed by atoms with E-state index in [1.165, 1.54) is 47.4 Å². The molecule has 0 unspecified atom stereocenters. The van der Waals surface area contributed by atoms with Gasteiger partial charge in [-0.05, 0) is 36.4 Å². The highest BCUT2D eigenvalue weighted by Gasteiger charge is 2.32. The summed E-state index contributed by atoms with van der Waals surface area (Å²) in [5.74, 6) is -1.72. The van der Waals surface area contributed by atoms with E-state index in [0.717, 1.165) is 0 Å². The minimum absolute atomic E-state index is 0.0554. The topological polar surface area (TPSA) is 49.4 Å². The van der Waals surface area contributed by atoms with E-state index in [-0.39, 0.29) is 30.3 Å². The number of anilines is 1. The minimum Gasteiger partial charge on any atom is -0.347 e. The molecule has 0 bridgehead atoms. The van der Waals surface area contributed by atoms with Crippen molar-refractivity contribution < 1.29 is 18.4 Å². The first kappa shape index (κ1) is 15.1. The summed E-state index contributed by atoms with van der Waals surface area (Å²) < 4.78 is 26.5. The van der Waals surface area contributed by atoms with Crippen LogP contribution in [0.2, 0.25) is 0 Å². The van der Waals surface area contributed by atoms with Gasteiger partial charge >= 0.3 is 0 Å². The van der Waals surface area contributed by atoms with Crippen molar-refractivity contribution in [1.82, 2.24) is 5.32 Å². The molecule has 1 fully saturated rings. The minimum atomic E-state index is -0.607. The van der Waals surface area contributed by atoms with Gasteiger partial charge in [0.25, 0.3) is 5.91 Å². The zero-order valence-electron chi connectivity index (χ0n) is 12.1. The van der Waals surface area contributed by atoms with Gasteiger partial charge in [0.1, 0.15) is 11.6 Å². The van der Waals surface area contributed by atoms with E-state index in [1.54, 1.807) is 6.07 Å². The second-order valence-electron chi connectivity index (χ2n) is 5.34. The Morgan fingerprint density at radius 2 is 1.78 bits per heavy atom. The Labute approximate surface area is 131 Å². The highest BCUT2D eigenvalue weighted by Crippen LogP contribution is 2.22. The van der Waals surface area contributed by atoms with Crippen LogP contribution in [-0.4, -0.2) is 24.4 Å². The van der Waals surface area contributed by atoms with Gasteiger partial charge in [0.15, 0.2) is 0 Å². The van der Waals surface area contributed by atoms with Crippen LogP contribution in [0.25, 0.3) is 0 Å². The maximum Gasteiger partial charge on any atom is 0.254 e. The first-order chi connectivity index (χ1) is 11.0. The molecule has 0 radical (unpaired) electrons. The molecule has 2 aromatic carbocycles. The van der Waals surface area contributed by atoms with Crippen LogP contribution in [0.4, 0.5) is 14.5 Å². The normalized spacial score (nSPS) is 17.4. The van der Waals surface area contributed by atoms with Crippen LogP contribution in [0.3, 0.4) is 0 Å². The number of benzene rings is 2. The molecular weight excluding hydrogens is 302 g/mol. The molecule has 0 aromatic heterocycles. The SMILES string of the molecule is O=C(N[C@H]1CC(=O)N(c2ccc(F)cc2)C1)c1ccccc1F. The van der Waals surface area contributed by atoms with Crippen LogP contribution in [-0.2, 0) is 4.79 Å². The molecule has 0 saturated carbocycles. The van der Waals surface area contributed by atoms with E-state index in [4.69, 9.17) is 0 Å². The summed E-state index contributed by atoms with van der Waals surface area (Å²) in [7, 11) is 0. The second kappa shape index (κ2) is 6.16. The van der Waals surface area contributed by atoms with Crippen LogP contribution in [0.15, 0.2) is 48.5 Å². The van der Waals surface area contributed by atoms with Gasteiger partial charge < -0.3 is 10.2 Å². The van der Waals surface area contributed by atoms with Gasteiger partial charge in [0.2, 0.25) is 5.91 Å². The summed E-state index contributed by atoms with van der Waals surface area (Å²) in [6.45, 7) is 0.269. The summed E-state index contributed by atoms with van der Waals surface area (Å²) in [4.78, 5) is 25.6. The molecular formula is C17H14F2N2O2. The molecule has 4 nitrogen and oxygen atoms in total. The lowest BCUT2D eigenvalue weighted by Gasteiger charge is -2.17. The number of rotatable bonds is 3. The number of nitrogens with zero attached hydrogens (tertiary/aromatic N) is 1. The predicted molar refractivity (Wildman–Crippen MR) is 81.0 cm³/mol. The molecule has 1 aliphatic rings. The van der Waals surface area contributed by atoms with Crippen molar-refractivity contribution in [3.63, 3.8) is 0 Å². The third kappa shape index (κ3) is 3.21. The largest absolute Gasteiger partial charge is 0.347 e. The first-order valence-corrected chi connectivity index (χ1v) is 7.16. The summed E-state index contributed by atoms with van der Waals surface area (Å²) in [5.41, 5.74) is 0.513. The number of nitrogens with one attached hydrogen (secondary N) is 1. The molecule has 1 atom stereocenters. The zero-order valence-corrected chi connectivity index (χ0v) is 12.1. The lowest BCUT2D eigenvalue weighted by molar-refractivity contribution is -0.117. The van der Waals surface area contributed by atoms with Crippen LogP contribution < -0.4 is 10.2 Å². The highest BCUT2D eigenvalue weighted by molar-refractivity contribution is 5.99. The van der Waals surface area contributed by atoms with E-state index in [2.05, 4.69) is 5.32 Å². The van der Waals surface area contributed by atoms with E-state index >= 15 is 0 Å². The van der Waals surface area contributed by atoms with E-state index in [0.29, 0.717) is 5.69 Å². The smallest absolute Gasteiger partial charge is 0.254 e. The molecule has 2 amide bonds. The standard InChI is InChI=1S/C17H14F2N2O2/c18-11-5-7-13(8-6-11)21-10-12(9-16(21)22)20-17(23)14-3-1-2-4-15(14)19/h1-8,12H,9-10H2,(H,20,23)/t12-/m0/s1. The molecule has 118 valence electrons. The Balaban J connectivity index is 1.69. The van der Waals surface area contributed by atoms with Crippen LogP contribution >= 0.6 is 0 Å². The molecule has 2 aromatic rings. The van der Waals surface area contributed by atoms with Gasteiger partial charge in [0.05, 0.1) is 11.6 Å². The third-order valence-electron chi connectivity index (χ3n) is 3.72. The van der Waals surface area contributed by atoms with Crippen LogP contribution in [0, 0.1) is 11.6 Å². The van der Waals surface area contributed by atoms with Crippen molar-refractivity contribution in [2.24, 2.45) is 0 Å². The highest BCUT2D eigenvalue weighted by atomic mass is 19.1. The average molecular weight is 316 g/mol. The van der Waals surface area contributed by atoms with Crippen molar-refractivity contribution >= 4 is 17.5 Å². The summed E-state index contributed by atoms with van der Waals surface area (Å²) >= 11 is 0. The third-order valence-corrected chi connectivity index (χ3v) is 3.72. The average Bonchev–Trinajstić information content (AvgIpc) is 2.89. The number of amides is 2. The maximum absolute atomic E-state index is 13.6. The monoisotopic (exact) mass is 316 g/mol. The summed E-state index contributed by atoms with van der Waals surface area (Å²) in [6.07, 6.45) is 0.123. The molecule has 1 N–H and O–H groups in total. The number of halogens is 2. The lowest BCUT2D eigenvalue weighted by Crippen LogP contribution is -2.37. The van der Waals surface area contributed by atoms with Crippen LogP contribution in [0.5, 0.6) is 0 Å². The van der Waals surface area contributed by atoms with Gasteiger partial charge in [-0.25, -0.2) is 8.78 Å². The number of carbonyl (C=O) groups is 2. The van der Waals surface area contributed by atoms with Crippen LogP contribution in [0.1, 0.15) is 16.8 Å². The Bertz CT molecular complexity index is 747. The molecule has 1 saturated heterocycles. The molecule has 1 heterocycles. The Morgan fingerprint density at radius 3 is 2.48 bits per heavy atom. The van der Waals surface area contributed by atoms with Gasteiger partial charge in [0, 0.05) is 18.7 Å². The predicted octanol–water partition coefficient (Wildman–Crippen LogP) is 2.50. The molecule has 0 spiro atoms. The Morgan fingerprint density at radius 1 is 1.09 bits per heavy atom. The lowest BCUT2D eigenvalue weighted by atomic mass is 10.1.